The maximum atomic E-state index is 8.49. The number of hydrogen-bond donors (Lipinski definition) is 2. The second-order valence-corrected chi connectivity index (χ2v) is 4.90. The molecule has 21 heavy (non-hydrogen) atoms. The number of unbranched alkanes of at least 4 members (excludes halogenated alkanes) is 1. The molecule has 0 saturated carbocycles. The van der Waals surface area contributed by atoms with Gasteiger partial charge in [0.15, 0.2) is 0 Å². The van der Waals surface area contributed by atoms with E-state index in [1.54, 1.807) is 0 Å². The molecule has 0 amide bonds. The Morgan fingerprint density at radius 2 is 2.24 bits per heavy atom. The normalized spacial score (nSPS) is 10.1. The van der Waals surface area contributed by atoms with Crippen LogP contribution in [0.1, 0.15) is 29.8 Å². The van der Waals surface area contributed by atoms with E-state index < -0.39 is 0 Å². The predicted octanol–water partition coefficient (Wildman–Crippen LogP) is 3.32. The lowest BCUT2D eigenvalue weighted by molar-refractivity contribution is 0.313. The fourth-order valence-corrected chi connectivity index (χ4v) is 2.06. The van der Waals surface area contributed by atoms with Gasteiger partial charge in [0.2, 0.25) is 0 Å². The highest BCUT2D eigenvalue weighted by Crippen LogP contribution is 2.19. The number of nitrogens with one attached hydrogen (secondary N) is 2. The first-order valence-electron chi connectivity index (χ1n) is 7.05. The molecule has 110 valence electrons. The summed E-state index contributed by atoms with van der Waals surface area (Å²) in [6.07, 6.45) is 1.28. The fourth-order valence-electron chi connectivity index (χ4n) is 2.06. The van der Waals surface area contributed by atoms with Crippen molar-refractivity contribution in [2.75, 3.05) is 11.9 Å². The Morgan fingerprint density at radius 3 is 2.95 bits per heavy atom. The van der Waals surface area contributed by atoms with Crippen LogP contribution in [-0.4, -0.2) is 16.8 Å². The Kier molecular flexibility index (Phi) is 5.22. The minimum absolute atomic E-state index is 0.525. The molecule has 2 rings (SSSR count). The van der Waals surface area contributed by atoms with Crippen molar-refractivity contribution >= 4 is 5.69 Å². The number of hydrogen-bond acceptors (Lipinski definition) is 4. The standard InChI is InChI=1S/C16H20N4O/c1-12-16(13(2)20-19-12)11-18-14-6-5-7-15(10-14)21-9-4-3-8-17/h5-7,10,18H,3-4,9,11H2,1-2H3,(H,19,20). The quantitative estimate of drug-likeness (QED) is 0.765. The van der Waals surface area contributed by atoms with Crippen molar-refractivity contribution in [3.8, 4) is 11.8 Å². The highest BCUT2D eigenvalue weighted by Gasteiger charge is 2.06. The molecule has 2 N–H and O–H groups in total. The third-order valence-electron chi connectivity index (χ3n) is 3.29. The highest BCUT2D eigenvalue weighted by atomic mass is 16.5. The molecule has 5 heteroatoms. The summed E-state index contributed by atoms with van der Waals surface area (Å²) < 4.78 is 5.62. The number of rotatable bonds is 7. The summed E-state index contributed by atoms with van der Waals surface area (Å²) in [5.41, 5.74) is 4.30. The summed E-state index contributed by atoms with van der Waals surface area (Å²) in [6.45, 7) is 5.31. The van der Waals surface area contributed by atoms with Gasteiger partial charge in [0.25, 0.3) is 0 Å². The Morgan fingerprint density at radius 1 is 1.38 bits per heavy atom. The second-order valence-electron chi connectivity index (χ2n) is 4.90. The number of anilines is 1. The van der Waals surface area contributed by atoms with Crippen molar-refractivity contribution in [2.24, 2.45) is 0 Å². The van der Waals surface area contributed by atoms with Crippen molar-refractivity contribution < 1.29 is 4.74 Å². The lowest BCUT2D eigenvalue weighted by Crippen LogP contribution is -2.02. The molecular formula is C16H20N4O. The molecule has 1 aromatic carbocycles. The molecule has 0 unspecified atom stereocenters. The smallest absolute Gasteiger partial charge is 0.121 e. The number of H-pyrrole nitrogens is 1. The SMILES string of the molecule is Cc1n[nH]c(C)c1CNc1cccc(OCCCC#N)c1. The molecule has 0 fully saturated rings. The van der Waals surface area contributed by atoms with Crippen molar-refractivity contribution in [1.29, 1.82) is 5.26 Å². The van der Waals surface area contributed by atoms with Crippen molar-refractivity contribution in [3.05, 3.63) is 41.2 Å². The number of aromatic amines is 1. The molecule has 5 nitrogen and oxygen atoms in total. The van der Waals surface area contributed by atoms with Crippen LogP contribution in [0.15, 0.2) is 24.3 Å². The third kappa shape index (κ3) is 4.25. The van der Waals surface area contributed by atoms with E-state index in [-0.39, 0.29) is 0 Å². The van der Waals surface area contributed by atoms with Gasteiger partial charge in [-0.15, -0.1) is 0 Å². The zero-order valence-electron chi connectivity index (χ0n) is 12.4. The average Bonchev–Trinajstić information content (AvgIpc) is 2.81. The molecule has 1 aromatic heterocycles. The number of nitrogens with zero attached hydrogens (tertiary/aromatic N) is 2. The number of benzene rings is 1. The van der Waals surface area contributed by atoms with Crippen LogP contribution in [0, 0.1) is 25.2 Å². The molecule has 2 aromatic rings. The number of aryl methyl sites for hydroxylation is 2. The van der Waals surface area contributed by atoms with Gasteiger partial charge in [-0.2, -0.15) is 10.4 Å². The zero-order chi connectivity index (χ0) is 15.1. The topological polar surface area (TPSA) is 73.7 Å². The van der Waals surface area contributed by atoms with Crippen LogP contribution in [0.3, 0.4) is 0 Å². The van der Waals surface area contributed by atoms with Gasteiger partial charge in [0.1, 0.15) is 5.75 Å². The largest absolute Gasteiger partial charge is 0.493 e. The van der Waals surface area contributed by atoms with E-state index in [2.05, 4.69) is 21.6 Å². The minimum Gasteiger partial charge on any atom is -0.493 e. The van der Waals surface area contributed by atoms with Crippen molar-refractivity contribution in [1.82, 2.24) is 10.2 Å². The predicted molar refractivity (Wildman–Crippen MR) is 82.2 cm³/mol. The van der Waals surface area contributed by atoms with E-state index in [1.807, 2.05) is 38.1 Å². The molecule has 1 heterocycles. The highest BCUT2D eigenvalue weighted by molar-refractivity contribution is 5.49. The maximum absolute atomic E-state index is 8.49. The molecule has 0 bridgehead atoms. The van der Waals surface area contributed by atoms with E-state index >= 15 is 0 Å². The summed E-state index contributed by atoms with van der Waals surface area (Å²) in [5, 5.41) is 19.0. The van der Waals surface area contributed by atoms with Crippen LogP contribution in [0.5, 0.6) is 5.75 Å². The molecule has 0 atom stereocenters. The molecule has 0 spiro atoms. The first-order valence-corrected chi connectivity index (χ1v) is 7.05. The van der Waals surface area contributed by atoms with Gasteiger partial charge in [0.05, 0.1) is 18.4 Å². The van der Waals surface area contributed by atoms with Gasteiger partial charge < -0.3 is 10.1 Å². The first-order chi connectivity index (χ1) is 10.2. The average molecular weight is 284 g/mol. The lowest BCUT2D eigenvalue weighted by atomic mass is 10.2. The van der Waals surface area contributed by atoms with Gasteiger partial charge in [-0.25, -0.2) is 0 Å². The Hall–Kier alpha value is -2.48. The molecule has 0 aliphatic rings. The number of ether oxygens (including phenoxy) is 1. The van der Waals surface area contributed by atoms with E-state index in [1.165, 1.54) is 5.56 Å². The maximum Gasteiger partial charge on any atom is 0.121 e. The monoisotopic (exact) mass is 284 g/mol. The lowest BCUT2D eigenvalue weighted by Gasteiger charge is -2.09. The van der Waals surface area contributed by atoms with E-state index in [0.29, 0.717) is 13.0 Å². The number of aromatic nitrogens is 2. The van der Waals surface area contributed by atoms with Crippen LogP contribution < -0.4 is 10.1 Å². The van der Waals surface area contributed by atoms with Crippen LogP contribution >= 0.6 is 0 Å². The Bertz CT molecular complexity index is 608. The fraction of sp³-hybridized carbons (Fsp3) is 0.375. The summed E-state index contributed by atoms with van der Waals surface area (Å²) in [4.78, 5) is 0. The Balaban J connectivity index is 1.90. The zero-order valence-corrected chi connectivity index (χ0v) is 12.4. The Labute approximate surface area is 124 Å². The summed E-state index contributed by atoms with van der Waals surface area (Å²) in [6, 6.07) is 9.96. The molecular weight excluding hydrogens is 264 g/mol. The van der Waals surface area contributed by atoms with Crippen LogP contribution in [0.25, 0.3) is 0 Å². The molecule has 0 radical (unpaired) electrons. The third-order valence-corrected chi connectivity index (χ3v) is 3.29. The summed E-state index contributed by atoms with van der Waals surface area (Å²) in [7, 11) is 0. The van der Waals surface area contributed by atoms with Gasteiger partial charge >= 0.3 is 0 Å². The van der Waals surface area contributed by atoms with Crippen molar-refractivity contribution in [2.45, 2.75) is 33.2 Å². The van der Waals surface area contributed by atoms with Gasteiger partial charge in [0, 0.05) is 36.0 Å². The summed E-state index contributed by atoms with van der Waals surface area (Å²) in [5.74, 6) is 0.818. The van der Waals surface area contributed by atoms with Gasteiger partial charge in [-0.05, 0) is 32.4 Å². The van der Waals surface area contributed by atoms with Crippen LogP contribution in [0.4, 0.5) is 5.69 Å². The molecule has 0 aliphatic heterocycles. The van der Waals surface area contributed by atoms with Crippen LogP contribution in [-0.2, 0) is 6.54 Å². The summed E-state index contributed by atoms with van der Waals surface area (Å²) >= 11 is 0. The van der Waals surface area contributed by atoms with Gasteiger partial charge in [-0.3, -0.25) is 5.10 Å². The second kappa shape index (κ2) is 7.34. The minimum atomic E-state index is 0.525. The van der Waals surface area contributed by atoms with E-state index in [9.17, 15) is 0 Å². The van der Waals surface area contributed by atoms with E-state index in [0.717, 1.165) is 35.8 Å². The van der Waals surface area contributed by atoms with E-state index in [4.69, 9.17) is 10.00 Å². The first kappa shape index (κ1) is 14.9. The van der Waals surface area contributed by atoms with Crippen molar-refractivity contribution in [3.63, 3.8) is 0 Å². The van der Waals surface area contributed by atoms with Crippen LogP contribution in [0.2, 0.25) is 0 Å². The molecule has 0 saturated heterocycles. The number of nitriles is 1. The molecule has 0 aliphatic carbocycles. The van der Waals surface area contributed by atoms with Gasteiger partial charge in [-0.1, -0.05) is 6.07 Å².